The second-order valence-corrected chi connectivity index (χ2v) is 8.76. The van der Waals surface area contributed by atoms with Gasteiger partial charge in [-0.3, -0.25) is 0 Å². The first-order valence-corrected chi connectivity index (χ1v) is 9.99. The molecule has 1 aromatic carbocycles. The quantitative estimate of drug-likeness (QED) is 0.666. The van der Waals surface area contributed by atoms with Crippen molar-refractivity contribution in [2.24, 2.45) is 29.6 Å². The predicted molar refractivity (Wildman–Crippen MR) is 95.8 cm³/mol. The number of ether oxygens (including phenoxy) is 1. The van der Waals surface area contributed by atoms with E-state index in [1.165, 1.54) is 50.5 Å². The zero-order valence-corrected chi connectivity index (χ0v) is 15.2. The van der Waals surface area contributed by atoms with Crippen molar-refractivity contribution < 1.29 is 9.13 Å². The van der Waals surface area contributed by atoms with Crippen LogP contribution in [0.1, 0.15) is 63.0 Å². The molecule has 0 bridgehead atoms. The summed E-state index contributed by atoms with van der Waals surface area (Å²) in [6.45, 7) is 2.43. The summed E-state index contributed by atoms with van der Waals surface area (Å²) in [7, 11) is 1.62. The molecule has 0 aliphatic heterocycles. The average molecular weight is 330 g/mol. The van der Waals surface area contributed by atoms with Gasteiger partial charge in [0.2, 0.25) is 0 Å². The molecule has 1 nitrogen and oxygen atoms in total. The first kappa shape index (κ1) is 16.4. The molecule has 24 heavy (non-hydrogen) atoms. The largest absolute Gasteiger partial charge is 0.497 e. The van der Waals surface area contributed by atoms with Crippen LogP contribution in [-0.2, 0) is 12.8 Å². The summed E-state index contributed by atoms with van der Waals surface area (Å²) >= 11 is 0. The van der Waals surface area contributed by atoms with Gasteiger partial charge in [0.25, 0.3) is 0 Å². The van der Waals surface area contributed by atoms with E-state index in [-0.39, 0.29) is 5.82 Å². The van der Waals surface area contributed by atoms with Crippen LogP contribution in [0.4, 0.5) is 4.39 Å². The van der Waals surface area contributed by atoms with Crippen LogP contribution < -0.4 is 4.74 Å². The van der Waals surface area contributed by atoms with Crippen molar-refractivity contribution in [2.75, 3.05) is 7.11 Å². The lowest BCUT2D eigenvalue weighted by Gasteiger charge is -2.44. The Bertz CT molecular complexity index is 596. The van der Waals surface area contributed by atoms with E-state index in [1.807, 2.05) is 6.07 Å². The number of aryl methyl sites for hydroxylation is 1. The first-order chi connectivity index (χ1) is 11.6. The van der Waals surface area contributed by atoms with E-state index in [9.17, 15) is 4.39 Å². The highest BCUT2D eigenvalue weighted by atomic mass is 19.1. The Hall–Kier alpha value is -1.05. The molecule has 2 heteroatoms. The van der Waals surface area contributed by atoms with E-state index < -0.39 is 0 Å². The van der Waals surface area contributed by atoms with Gasteiger partial charge in [-0.2, -0.15) is 0 Å². The molecule has 3 aliphatic rings. The highest BCUT2D eigenvalue weighted by Crippen LogP contribution is 2.48. The average Bonchev–Trinajstić information content (AvgIpc) is 2.61. The number of methoxy groups -OCH3 is 1. The molecule has 132 valence electrons. The fourth-order valence-corrected chi connectivity index (χ4v) is 5.93. The molecule has 5 unspecified atom stereocenters. The second kappa shape index (κ2) is 6.69. The molecule has 0 saturated heterocycles. The zero-order chi connectivity index (χ0) is 16.7. The van der Waals surface area contributed by atoms with E-state index in [1.54, 1.807) is 13.2 Å². The standard InChI is InChI=1S/C22H31FO/c1-14-3-4-16-10-17(6-5-15(16)9-14)18-7-8-19-11-20(24-2)13-22(23)21(19)12-18/h11,13-18H,3-10,12H2,1-2H3. The summed E-state index contributed by atoms with van der Waals surface area (Å²) in [5.41, 5.74) is 2.16. The minimum atomic E-state index is -0.0470. The SMILES string of the molecule is COc1cc(F)c2c(c1)CCC(C1CCC3CC(C)CCC3C1)C2. The van der Waals surface area contributed by atoms with Gasteiger partial charge >= 0.3 is 0 Å². The van der Waals surface area contributed by atoms with Crippen LogP contribution in [0.5, 0.6) is 5.75 Å². The van der Waals surface area contributed by atoms with Gasteiger partial charge in [0.05, 0.1) is 7.11 Å². The lowest BCUT2D eigenvalue weighted by molar-refractivity contribution is 0.0754. The molecule has 0 spiro atoms. The molecule has 0 N–H and O–H groups in total. The maximum Gasteiger partial charge on any atom is 0.130 e. The molecular weight excluding hydrogens is 299 g/mol. The molecule has 2 saturated carbocycles. The van der Waals surface area contributed by atoms with Crippen LogP contribution in [0.25, 0.3) is 0 Å². The van der Waals surface area contributed by atoms with E-state index in [4.69, 9.17) is 4.74 Å². The van der Waals surface area contributed by atoms with Crippen LogP contribution in [-0.4, -0.2) is 7.11 Å². The van der Waals surface area contributed by atoms with E-state index >= 15 is 0 Å². The number of benzene rings is 1. The Morgan fingerprint density at radius 1 is 0.917 bits per heavy atom. The lowest BCUT2D eigenvalue weighted by Crippen LogP contribution is -2.34. The molecule has 3 aliphatic carbocycles. The molecule has 0 heterocycles. The highest BCUT2D eigenvalue weighted by Gasteiger charge is 2.38. The Morgan fingerprint density at radius 3 is 2.42 bits per heavy atom. The van der Waals surface area contributed by atoms with Gasteiger partial charge in [0, 0.05) is 6.07 Å². The fraction of sp³-hybridized carbons (Fsp3) is 0.727. The van der Waals surface area contributed by atoms with Gasteiger partial charge in [-0.1, -0.05) is 13.3 Å². The van der Waals surface area contributed by atoms with Crippen molar-refractivity contribution in [3.8, 4) is 5.75 Å². The fourth-order valence-electron chi connectivity index (χ4n) is 5.93. The van der Waals surface area contributed by atoms with Crippen molar-refractivity contribution >= 4 is 0 Å². The normalized spacial score (nSPS) is 35.9. The van der Waals surface area contributed by atoms with E-state index in [2.05, 4.69) is 6.92 Å². The lowest BCUT2D eigenvalue weighted by atomic mass is 9.61. The van der Waals surface area contributed by atoms with Crippen LogP contribution in [0.2, 0.25) is 0 Å². The number of hydrogen-bond donors (Lipinski definition) is 0. The minimum absolute atomic E-state index is 0.0470. The van der Waals surface area contributed by atoms with Gasteiger partial charge in [0.1, 0.15) is 11.6 Å². The monoisotopic (exact) mass is 330 g/mol. The maximum atomic E-state index is 14.5. The maximum absolute atomic E-state index is 14.5. The third-order valence-corrected chi connectivity index (χ3v) is 7.33. The molecule has 5 atom stereocenters. The second-order valence-electron chi connectivity index (χ2n) is 8.76. The molecule has 1 aromatic rings. The minimum Gasteiger partial charge on any atom is -0.497 e. The molecule has 0 amide bonds. The molecule has 0 radical (unpaired) electrons. The van der Waals surface area contributed by atoms with Crippen molar-refractivity contribution in [2.45, 2.75) is 64.7 Å². The Labute approximate surface area is 146 Å². The summed E-state index contributed by atoms with van der Waals surface area (Å²) in [5, 5.41) is 0. The summed E-state index contributed by atoms with van der Waals surface area (Å²) < 4.78 is 19.7. The molecule has 4 rings (SSSR count). The summed E-state index contributed by atoms with van der Waals surface area (Å²) in [5.74, 6) is 5.03. The van der Waals surface area contributed by atoms with Crippen molar-refractivity contribution in [3.63, 3.8) is 0 Å². The zero-order valence-electron chi connectivity index (χ0n) is 15.2. The molecule has 2 fully saturated rings. The smallest absolute Gasteiger partial charge is 0.130 e. The van der Waals surface area contributed by atoms with E-state index in [0.717, 1.165) is 42.1 Å². The number of halogens is 1. The third-order valence-electron chi connectivity index (χ3n) is 7.33. The van der Waals surface area contributed by atoms with Gasteiger partial charge in [-0.05, 0) is 98.1 Å². The summed E-state index contributed by atoms with van der Waals surface area (Å²) in [6.07, 6.45) is 11.7. The van der Waals surface area contributed by atoms with Gasteiger partial charge in [-0.15, -0.1) is 0 Å². The van der Waals surface area contributed by atoms with Crippen LogP contribution in [0.3, 0.4) is 0 Å². The first-order valence-electron chi connectivity index (χ1n) is 9.99. The number of fused-ring (bicyclic) bond motifs is 2. The van der Waals surface area contributed by atoms with Crippen molar-refractivity contribution in [1.82, 2.24) is 0 Å². The number of rotatable bonds is 2. The van der Waals surface area contributed by atoms with E-state index in [0.29, 0.717) is 11.7 Å². The van der Waals surface area contributed by atoms with Crippen molar-refractivity contribution in [1.29, 1.82) is 0 Å². The highest BCUT2D eigenvalue weighted by molar-refractivity contribution is 5.38. The summed E-state index contributed by atoms with van der Waals surface area (Å²) in [4.78, 5) is 0. The van der Waals surface area contributed by atoms with Crippen LogP contribution in [0, 0.1) is 35.4 Å². The third kappa shape index (κ3) is 3.09. The number of hydrogen-bond acceptors (Lipinski definition) is 1. The van der Waals surface area contributed by atoms with Crippen LogP contribution in [0.15, 0.2) is 12.1 Å². The summed E-state index contributed by atoms with van der Waals surface area (Å²) in [6, 6.07) is 3.62. The van der Waals surface area contributed by atoms with Crippen molar-refractivity contribution in [3.05, 3.63) is 29.1 Å². The molecular formula is C22H31FO. The van der Waals surface area contributed by atoms with Crippen LogP contribution >= 0.6 is 0 Å². The van der Waals surface area contributed by atoms with Gasteiger partial charge < -0.3 is 4.74 Å². The Balaban J connectivity index is 1.45. The predicted octanol–water partition coefficient (Wildman–Crippen LogP) is 5.79. The van der Waals surface area contributed by atoms with Gasteiger partial charge in [-0.25, -0.2) is 4.39 Å². The topological polar surface area (TPSA) is 9.23 Å². The van der Waals surface area contributed by atoms with Gasteiger partial charge in [0.15, 0.2) is 0 Å². The Kier molecular flexibility index (Phi) is 4.58. The Morgan fingerprint density at radius 2 is 1.62 bits per heavy atom. The molecule has 0 aromatic heterocycles.